The lowest BCUT2D eigenvalue weighted by atomic mass is 10.1. The summed E-state index contributed by atoms with van der Waals surface area (Å²) in [6.07, 6.45) is -3.63. The van der Waals surface area contributed by atoms with Crippen molar-refractivity contribution in [3.05, 3.63) is 64.1 Å². The molecule has 1 aromatic heterocycles. The van der Waals surface area contributed by atoms with E-state index in [9.17, 15) is 22.8 Å². The summed E-state index contributed by atoms with van der Waals surface area (Å²) in [5, 5.41) is 3.14. The third-order valence-electron chi connectivity index (χ3n) is 5.51. The van der Waals surface area contributed by atoms with Crippen molar-refractivity contribution in [2.24, 2.45) is 0 Å². The normalized spacial score (nSPS) is 12.7. The first-order valence-electron chi connectivity index (χ1n) is 11.4. The lowest BCUT2D eigenvalue weighted by molar-refractivity contribution is -0.274. The number of thioether (sulfide) groups is 2. The van der Waals surface area contributed by atoms with Crippen LogP contribution in [0.4, 0.5) is 13.2 Å². The lowest BCUT2D eigenvalue weighted by Crippen LogP contribution is -2.28. The van der Waals surface area contributed by atoms with Gasteiger partial charge in [-0.25, -0.2) is 4.98 Å². The molecule has 3 aromatic rings. The first kappa shape index (κ1) is 27.7. The largest absolute Gasteiger partial charge is 0.573 e. The number of halogens is 3. The number of alkyl halides is 3. The smallest absolute Gasteiger partial charge is 0.493 e. The summed E-state index contributed by atoms with van der Waals surface area (Å²) in [7, 11) is 3.11. The number of rotatable bonds is 10. The Balaban J connectivity index is 1.44. The summed E-state index contributed by atoms with van der Waals surface area (Å²) in [5.74, 6) is 1.27. The van der Waals surface area contributed by atoms with E-state index in [4.69, 9.17) is 9.47 Å². The number of fused-ring (bicyclic) bond motifs is 1. The van der Waals surface area contributed by atoms with E-state index < -0.39 is 12.1 Å². The minimum Gasteiger partial charge on any atom is -0.493 e. The Labute approximate surface area is 224 Å². The molecule has 0 saturated carbocycles. The topological polar surface area (TPSA) is 91.7 Å². The van der Waals surface area contributed by atoms with Crippen LogP contribution in [-0.4, -0.2) is 54.1 Å². The number of aryl methyl sites for hydroxylation is 1. The second kappa shape index (κ2) is 12.0. The average Bonchev–Trinajstić information content (AvgIpc) is 3.36. The van der Waals surface area contributed by atoms with E-state index in [1.54, 1.807) is 20.3 Å². The number of ether oxygens (including phenoxy) is 3. The molecule has 1 aliphatic rings. The van der Waals surface area contributed by atoms with Gasteiger partial charge in [-0.3, -0.25) is 14.2 Å². The molecule has 38 heavy (non-hydrogen) atoms. The Morgan fingerprint density at radius 2 is 1.87 bits per heavy atom. The van der Waals surface area contributed by atoms with Gasteiger partial charge in [-0.15, -0.1) is 24.9 Å². The zero-order valence-corrected chi connectivity index (χ0v) is 22.1. The Hall–Kier alpha value is -3.32. The fourth-order valence-electron chi connectivity index (χ4n) is 3.78. The number of methoxy groups -OCH3 is 2. The summed E-state index contributed by atoms with van der Waals surface area (Å²) >= 11 is 2.47. The molecule has 0 radical (unpaired) electrons. The molecule has 0 saturated heterocycles. The van der Waals surface area contributed by atoms with Crippen LogP contribution in [0.5, 0.6) is 17.2 Å². The van der Waals surface area contributed by atoms with Crippen LogP contribution in [0.15, 0.2) is 57.3 Å². The van der Waals surface area contributed by atoms with E-state index >= 15 is 0 Å². The minimum absolute atomic E-state index is 0.000425. The van der Waals surface area contributed by atoms with Crippen LogP contribution in [0.1, 0.15) is 11.3 Å². The highest BCUT2D eigenvalue weighted by atomic mass is 32.2. The van der Waals surface area contributed by atoms with Crippen LogP contribution >= 0.6 is 23.5 Å². The third-order valence-corrected chi connectivity index (χ3v) is 7.56. The van der Waals surface area contributed by atoms with Crippen molar-refractivity contribution in [1.82, 2.24) is 14.9 Å². The van der Waals surface area contributed by atoms with Gasteiger partial charge in [0.25, 0.3) is 5.56 Å². The van der Waals surface area contributed by atoms with E-state index in [1.165, 1.54) is 28.5 Å². The zero-order chi connectivity index (χ0) is 27.3. The molecule has 8 nitrogen and oxygen atoms in total. The van der Waals surface area contributed by atoms with Crippen molar-refractivity contribution in [1.29, 1.82) is 0 Å². The molecule has 0 spiro atoms. The van der Waals surface area contributed by atoms with Crippen LogP contribution < -0.4 is 25.1 Å². The number of hydrogen-bond donors (Lipinski definition) is 1. The van der Waals surface area contributed by atoms with Gasteiger partial charge < -0.3 is 19.5 Å². The van der Waals surface area contributed by atoms with Gasteiger partial charge in [-0.1, -0.05) is 17.8 Å². The summed E-state index contributed by atoms with van der Waals surface area (Å²) in [6.45, 7) is 0.386. The molecule has 0 atom stereocenters. The van der Waals surface area contributed by atoms with E-state index in [-0.39, 0.29) is 22.4 Å². The standard InChI is InChI=1S/C25H24F3N3O5S2/c1-34-19-8-3-15(13-20(19)35-2)9-11-29-21(32)14-38-24-30-18-10-12-37-22(18)23(33)31(24)16-4-6-17(7-5-16)36-25(26,27)28/h3-8,13H,9-12,14H2,1-2H3,(H,29,32). The van der Waals surface area contributed by atoms with Crippen molar-refractivity contribution in [2.45, 2.75) is 29.3 Å². The highest BCUT2D eigenvalue weighted by Gasteiger charge is 2.31. The van der Waals surface area contributed by atoms with Gasteiger partial charge in [-0.05, 0) is 48.4 Å². The fraction of sp³-hybridized carbons (Fsp3) is 0.320. The number of carbonyl (C=O) groups excluding carboxylic acids is 1. The van der Waals surface area contributed by atoms with Gasteiger partial charge >= 0.3 is 6.36 Å². The molecule has 0 aliphatic carbocycles. The predicted molar refractivity (Wildman–Crippen MR) is 138 cm³/mol. The van der Waals surface area contributed by atoms with E-state index in [2.05, 4.69) is 15.0 Å². The molecule has 0 bridgehead atoms. The highest BCUT2D eigenvalue weighted by Crippen LogP contribution is 2.31. The number of aromatic nitrogens is 2. The van der Waals surface area contributed by atoms with Crippen LogP contribution in [0.2, 0.25) is 0 Å². The number of nitrogens with one attached hydrogen (secondary N) is 1. The monoisotopic (exact) mass is 567 g/mol. The summed E-state index contributed by atoms with van der Waals surface area (Å²) in [4.78, 5) is 30.9. The maximum absolute atomic E-state index is 13.2. The molecule has 1 aliphatic heterocycles. The van der Waals surface area contributed by atoms with Crippen LogP contribution in [0.3, 0.4) is 0 Å². The van der Waals surface area contributed by atoms with Gasteiger partial charge in [0.05, 0.1) is 36.2 Å². The maximum Gasteiger partial charge on any atom is 0.573 e. The van der Waals surface area contributed by atoms with E-state index in [0.29, 0.717) is 52.9 Å². The molecule has 202 valence electrons. The zero-order valence-electron chi connectivity index (χ0n) is 20.5. The number of hydrogen-bond acceptors (Lipinski definition) is 8. The van der Waals surface area contributed by atoms with Gasteiger partial charge in [0, 0.05) is 18.7 Å². The molecule has 1 amide bonds. The van der Waals surface area contributed by atoms with Gasteiger partial charge in [0.2, 0.25) is 5.91 Å². The van der Waals surface area contributed by atoms with Crippen molar-refractivity contribution in [3.63, 3.8) is 0 Å². The maximum atomic E-state index is 13.2. The molecule has 13 heteroatoms. The quantitative estimate of drug-likeness (QED) is 0.287. The fourth-order valence-corrected chi connectivity index (χ4v) is 5.66. The predicted octanol–water partition coefficient (Wildman–Crippen LogP) is 4.25. The molecular weight excluding hydrogens is 543 g/mol. The SMILES string of the molecule is COc1ccc(CCNC(=O)CSc2nc3c(c(=O)n2-c2ccc(OC(F)(F)F)cc2)SCC3)cc1OC. The summed E-state index contributed by atoms with van der Waals surface area (Å²) in [6, 6.07) is 10.5. The second-order valence-corrected chi connectivity index (χ2v) is 10.1. The highest BCUT2D eigenvalue weighted by molar-refractivity contribution is 8.00. The number of amides is 1. The molecule has 0 fully saturated rings. The Morgan fingerprint density at radius 1 is 1.13 bits per heavy atom. The van der Waals surface area contributed by atoms with E-state index in [0.717, 1.165) is 29.5 Å². The molecule has 4 rings (SSSR count). The number of benzene rings is 2. The van der Waals surface area contributed by atoms with E-state index in [1.807, 2.05) is 12.1 Å². The first-order valence-corrected chi connectivity index (χ1v) is 13.4. The van der Waals surface area contributed by atoms with Crippen molar-refractivity contribution < 1.29 is 32.2 Å². The Bertz CT molecular complexity index is 1360. The van der Waals surface area contributed by atoms with Crippen molar-refractivity contribution >= 4 is 29.4 Å². The number of carbonyl (C=O) groups is 1. The van der Waals surface area contributed by atoms with Gasteiger partial charge in [-0.2, -0.15) is 0 Å². The second-order valence-electron chi connectivity index (χ2n) is 8.03. The minimum atomic E-state index is -4.82. The van der Waals surface area contributed by atoms with Crippen LogP contribution in [-0.2, 0) is 17.6 Å². The summed E-state index contributed by atoms with van der Waals surface area (Å²) < 4.78 is 53.3. The molecule has 1 N–H and O–H groups in total. The van der Waals surface area contributed by atoms with Gasteiger partial charge in [0.1, 0.15) is 5.75 Å². The van der Waals surface area contributed by atoms with Crippen molar-refractivity contribution in [3.8, 4) is 22.9 Å². The summed E-state index contributed by atoms with van der Waals surface area (Å²) in [5.41, 5.74) is 1.62. The Morgan fingerprint density at radius 3 is 2.55 bits per heavy atom. The lowest BCUT2D eigenvalue weighted by Gasteiger charge is -2.15. The Kier molecular flexibility index (Phi) is 8.77. The molecule has 0 unspecified atom stereocenters. The van der Waals surface area contributed by atoms with Gasteiger partial charge in [0.15, 0.2) is 16.7 Å². The number of nitrogens with zero attached hydrogens (tertiary/aromatic N) is 2. The molecule has 2 heterocycles. The third kappa shape index (κ3) is 6.76. The average molecular weight is 568 g/mol. The molecular formula is C25H24F3N3O5S2. The van der Waals surface area contributed by atoms with Crippen LogP contribution in [0.25, 0.3) is 5.69 Å². The molecule has 2 aromatic carbocycles. The van der Waals surface area contributed by atoms with Crippen LogP contribution in [0, 0.1) is 0 Å². The van der Waals surface area contributed by atoms with Crippen molar-refractivity contribution in [2.75, 3.05) is 32.3 Å². The first-order chi connectivity index (χ1) is 18.2.